The number of rotatable bonds is 5. The Balaban J connectivity index is 2.06. The summed E-state index contributed by atoms with van der Waals surface area (Å²) in [5.41, 5.74) is 2.58. The first-order valence-corrected chi connectivity index (χ1v) is 7.47. The Morgan fingerprint density at radius 1 is 1.37 bits per heavy atom. The smallest absolute Gasteiger partial charge is 0.191 e. The van der Waals surface area contributed by atoms with Gasteiger partial charge in [-0.1, -0.05) is 11.8 Å². The van der Waals surface area contributed by atoms with Crippen LogP contribution in [0.2, 0.25) is 0 Å². The van der Waals surface area contributed by atoms with E-state index in [1.165, 1.54) is 11.8 Å². The lowest BCUT2D eigenvalue weighted by Gasteiger charge is -2.35. The first-order chi connectivity index (χ1) is 9.26. The molecule has 1 saturated heterocycles. The van der Waals surface area contributed by atoms with Crippen LogP contribution in [0.1, 0.15) is 0 Å². The summed E-state index contributed by atoms with van der Waals surface area (Å²) in [5, 5.41) is 9.65. The molecule has 0 atom stereocenters. The molecule has 8 heteroatoms. The van der Waals surface area contributed by atoms with Crippen molar-refractivity contribution in [3.63, 3.8) is 0 Å². The van der Waals surface area contributed by atoms with Gasteiger partial charge in [-0.2, -0.15) is 0 Å². The van der Waals surface area contributed by atoms with E-state index >= 15 is 0 Å². The molecule has 1 aromatic rings. The van der Waals surface area contributed by atoms with Crippen molar-refractivity contribution in [3.05, 3.63) is 6.07 Å². The molecule has 2 rings (SSSR count). The Hall–Kier alpha value is -1.09. The highest BCUT2D eigenvalue weighted by Crippen LogP contribution is 2.20. The number of hydrazine groups is 1. The summed E-state index contributed by atoms with van der Waals surface area (Å²) >= 11 is 1.50. The normalized spacial score (nSPS) is 16.7. The van der Waals surface area contributed by atoms with Gasteiger partial charge < -0.3 is 15.4 Å². The van der Waals surface area contributed by atoms with E-state index in [1.54, 1.807) is 0 Å². The number of hydrogen-bond donors (Lipinski definition) is 3. The van der Waals surface area contributed by atoms with Gasteiger partial charge in [0.25, 0.3) is 0 Å². The lowest BCUT2D eigenvalue weighted by molar-refractivity contribution is 0.188. The van der Waals surface area contributed by atoms with Crippen LogP contribution in [-0.2, 0) is 0 Å². The molecule has 0 aromatic carbocycles. The summed E-state index contributed by atoms with van der Waals surface area (Å²) in [6, 6.07) is 1.86. The third kappa shape index (κ3) is 3.69. The Morgan fingerprint density at radius 3 is 2.68 bits per heavy atom. The monoisotopic (exact) mass is 284 g/mol. The first kappa shape index (κ1) is 14.3. The second kappa shape index (κ2) is 6.90. The molecule has 7 nitrogen and oxygen atoms in total. The highest BCUT2D eigenvalue weighted by Gasteiger charge is 2.18. The van der Waals surface area contributed by atoms with Crippen LogP contribution in [0, 0.1) is 0 Å². The molecular weight excluding hydrogens is 264 g/mol. The summed E-state index contributed by atoms with van der Waals surface area (Å²) < 4.78 is 0. The molecule has 1 aromatic heterocycles. The number of nitrogen functional groups attached to an aromatic ring is 1. The number of nitrogens with one attached hydrogen (secondary N) is 1. The number of hydrogen-bond acceptors (Lipinski definition) is 8. The maximum Gasteiger partial charge on any atom is 0.191 e. The van der Waals surface area contributed by atoms with Crippen LogP contribution in [-0.4, -0.2) is 65.6 Å². The van der Waals surface area contributed by atoms with E-state index in [2.05, 4.69) is 25.2 Å². The van der Waals surface area contributed by atoms with Crippen molar-refractivity contribution >= 4 is 23.4 Å². The van der Waals surface area contributed by atoms with Crippen molar-refractivity contribution in [2.45, 2.75) is 5.16 Å². The van der Waals surface area contributed by atoms with Gasteiger partial charge in [-0.25, -0.2) is 15.8 Å². The molecule has 4 N–H and O–H groups in total. The molecule has 1 fully saturated rings. The summed E-state index contributed by atoms with van der Waals surface area (Å²) in [6.07, 6.45) is 1.94. The van der Waals surface area contributed by atoms with Crippen molar-refractivity contribution in [2.75, 3.05) is 55.9 Å². The summed E-state index contributed by atoms with van der Waals surface area (Å²) in [6.45, 7) is 4.62. The van der Waals surface area contributed by atoms with Crippen LogP contribution in [0.3, 0.4) is 0 Å². The molecule has 0 spiro atoms. The van der Waals surface area contributed by atoms with E-state index in [0.29, 0.717) is 11.0 Å². The van der Waals surface area contributed by atoms with Gasteiger partial charge in [0, 0.05) is 38.8 Å². The Labute approximate surface area is 117 Å². The Bertz CT molecular complexity index is 388. The molecule has 19 heavy (non-hydrogen) atoms. The summed E-state index contributed by atoms with van der Waals surface area (Å²) in [5.74, 6) is 6.96. The molecule has 0 bridgehead atoms. The fourth-order valence-electron chi connectivity index (χ4n) is 2.08. The molecule has 0 amide bonds. The summed E-state index contributed by atoms with van der Waals surface area (Å²) in [7, 11) is 0. The average molecular weight is 284 g/mol. The van der Waals surface area contributed by atoms with Gasteiger partial charge in [0.05, 0.1) is 6.61 Å². The number of aromatic nitrogens is 2. The van der Waals surface area contributed by atoms with E-state index in [4.69, 9.17) is 10.9 Å². The minimum absolute atomic E-state index is 0.214. The second-order valence-corrected chi connectivity index (χ2v) is 5.07. The van der Waals surface area contributed by atoms with Crippen LogP contribution >= 0.6 is 11.8 Å². The molecule has 0 unspecified atom stereocenters. The van der Waals surface area contributed by atoms with Crippen LogP contribution in [0.4, 0.5) is 11.6 Å². The van der Waals surface area contributed by atoms with Gasteiger partial charge in [0.15, 0.2) is 5.16 Å². The van der Waals surface area contributed by atoms with Gasteiger partial charge in [-0.15, -0.1) is 0 Å². The number of β-amino-alcohol motifs (C(OH)–C–C–N with tert-alkyl or cyclic N) is 1. The lowest BCUT2D eigenvalue weighted by atomic mass is 10.3. The van der Waals surface area contributed by atoms with Crippen LogP contribution < -0.4 is 16.2 Å². The summed E-state index contributed by atoms with van der Waals surface area (Å²) in [4.78, 5) is 13.2. The number of aliphatic hydroxyl groups is 1. The van der Waals surface area contributed by atoms with E-state index in [0.717, 1.165) is 38.5 Å². The number of aliphatic hydroxyl groups excluding tert-OH is 1. The molecule has 1 aliphatic heterocycles. The molecule has 0 aliphatic carbocycles. The minimum atomic E-state index is 0.214. The van der Waals surface area contributed by atoms with E-state index in [1.807, 2.05) is 12.3 Å². The highest BCUT2D eigenvalue weighted by molar-refractivity contribution is 7.98. The third-order valence-corrected chi connectivity index (χ3v) is 3.68. The molecular formula is C11H20N6OS. The second-order valence-electron chi connectivity index (χ2n) is 4.29. The average Bonchev–Trinajstić information content (AvgIpc) is 2.47. The maximum absolute atomic E-state index is 8.94. The number of piperazine rings is 1. The standard InChI is InChI=1S/C11H20N6OS/c1-19-11-13-9(15-12)8-10(14-11)17-4-2-16(3-5-17)6-7-18/h8,18H,2-7,12H2,1H3,(H,13,14,15). The fraction of sp³-hybridized carbons (Fsp3) is 0.636. The number of anilines is 2. The largest absolute Gasteiger partial charge is 0.395 e. The van der Waals surface area contributed by atoms with Crippen molar-refractivity contribution in [3.8, 4) is 0 Å². The molecule has 2 heterocycles. The number of nitrogens with two attached hydrogens (primary N) is 1. The van der Waals surface area contributed by atoms with Crippen LogP contribution in [0.15, 0.2) is 11.2 Å². The van der Waals surface area contributed by atoms with E-state index < -0.39 is 0 Å². The van der Waals surface area contributed by atoms with Gasteiger partial charge >= 0.3 is 0 Å². The zero-order valence-electron chi connectivity index (χ0n) is 11.0. The van der Waals surface area contributed by atoms with Gasteiger partial charge in [-0.3, -0.25) is 4.90 Å². The van der Waals surface area contributed by atoms with Gasteiger partial charge in [0.1, 0.15) is 11.6 Å². The predicted octanol–water partition coefficient (Wildman–Crippen LogP) is -0.402. The molecule has 0 radical (unpaired) electrons. The predicted molar refractivity (Wildman–Crippen MR) is 77.4 cm³/mol. The Kier molecular flexibility index (Phi) is 5.20. The SMILES string of the molecule is CSc1nc(NN)cc(N2CCN(CCO)CC2)n1. The molecule has 1 aliphatic rings. The lowest BCUT2D eigenvalue weighted by Crippen LogP contribution is -2.47. The maximum atomic E-state index is 8.94. The van der Waals surface area contributed by atoms with Gasteiger partial charge in [0.2, 0.25) is 0 Å². The van der Waals surface area contributed by atoms with Crippen molar-refractivity contribution in [2.24, 2.45) is 5.84 Å². The Morgan fingerprint density at radius 2 is 2.11 bits per heavy atom. The zero-order chi connectivity index (χ0) is 13.7. The third-order valence-electron chi connectivity index (χ3n) is 3.14. The minimum Gasteiger partial charge on any atom is -0.395 e. The quantitative estimate of drug-likeness (QED) is 0.291. The first-order valence-electron chi connectivity index (χ1n) is 6.24. The van der Waals surface area contributed by atoms with Crippen LogP contribution in [0.5, 0.6) is 0 Å². The van der Waals surface area contributed by atoms with Crippen molar-refractivity contribution in [1.82, 2.24) is 14.9 Å². The van der Waals surface area contributed by atoms with Crippen molar-refractivity contribution < 1.29 is 5.11 Å². The topological polar surface area (TPSA) is 90.5 Å². The number of thioether (sulfide) groups is 1. The highest BCUT2D eigenvalue weighted by atomic mass is 32.2. The van der Waals surface area contributed by atoms with Crippen LogP contribution in [0.25, 0.3) is 0 Å². The zero-order valence-corrected chi connectivity index (χ0v) is 11.9. The molecule has 106 valence electrons. The molecule has 0 saturated carbocycles. The van der Waals surface area contributed by atoms with E-state index in [9.17, 15) is 0 Å². The van der Waals surface area contributed by atoms with Crippen molar-refractivity contribution in [1.29, 1.82) is 0 Å². The fourth-order valence-corrected chi connectivity index (χ4v) is 2.46. The van der Waals surface area contributed by atoms with E-state index in [-0.39, 0.29) is 6.61 Å². The number of nitrogens with zero attached hydrogens (tertiary/aromatic N) is 4. The van der Waals surface area contributed by atoms with Gasteiger partial charge in [-0.05, 0) is 6.26 Å².